The Balaban J connectivity index is 1.55. The molecular weight excluding hydrogens is 330 g/mol. The highest BCUT2D eigenvalue weighted by molar-refractivity contribution is 5.89. The van der Waals surface area contributed by atoms with Crippen LogP contribution in [0, 0.1) is 5.92 Å². The number of hydrogen-bond acceptors (Lipinski definition) is 4. The van der Waals surface area contributed by atoms with E-state index in [1.54, 1.807) is 17.2 Å². The molecule has 2 heterocycles. The molecule has 0 spiro atoms. The summed E-state index contributed by atoms with van der Waals surface area (Å²) >= 11 is 0. The van der Waals surface area contributed by atoms with Crippen molar-refractivity contribution in [3.63, 3.8) is 0 Å². The van der Waals surface area contributed by atoms with Crippen molar-refractivity contribution in [1.29, 1.82) is 0 Å². The van der Waals surface area contributed by atoms with Gasteiger partial charge in [-0.25, -0.2) is 0 Å². The maximum absolute atomic E-state index is 12.6. The molecule has 2 unspecified atom stereocenters. The predicted octanol–water partition coefficient (Wildman–Crippen LogP) is 2.05. The fraction of sp³-hybridized carbons (Fsp3) is 0.400. The molecule has 138 valence electrons. The number of furan rings is 1. The van der Waals surface area contributed by atoms with Crippen LogP contribution in [-0.4, -0.2) is 48.8 Å². The third kappa shape index (κ3) is 4.32. The molecular formula is C20H25N3O3. The van der Waals surface area contributed by atoms with E-state index in [2.05, 4.69) is 22.3 Å². The first-order valence-electron chi connectivity index (χ1n) is 8.84. The second-order valence-electron chi connectivity index (χ2n) is 6.89. The Kier molecular flexibility index (Phi) is 5.73. The van der Waals surface area contributed by atoms with Crippen molar-refractivity contribution >= 4 is 11.8 Å². The van der Waals surface area contributed by atoms with E-state index in [-0.39, 0.29) is 30.2 Å². The van der Waals surface area contributed by atoms with Gasteiger partial charge in [0.05, 0.1) is 24.8 Å². The lowest BCUT2D eigenvalue weighted by Crippen LogP contribution is -2.38. The summed E-state index contributed by atoms with van der Waals surface area (Å²) in [5, 5.41) is 3.02. The Labute approximate surface area is 153 Å². The minimum absolute atomic E-state index is 0.00577. The van der Waals surface area contributed by atoms with Crippen molar-refractivity contribution in [2.75, 3.05) is 27.2 Å². The summed E-state index contributed by atoms with van der Waals surface area (Å²) in [5.74, 6) is 0.351. The highest BCUT2D eigenvalue weighted by Crippen LogP contribution is 2.22. The van der Waals surface area contributed by atoms with Gasteiger partial charge in [-0.2, -0.15) is 0 Å². The van der Waals surface area contributed by atoms with Crippen LogP contribution in [0.25, 0.3) is 0 Å². The van der Waals surface area contributed by atoms with Gasteiger partial charge in [-0.1, -0.05) is 30.3 Å². The number of benzene rings is 1. The normalized spacial score (nSPS) is 18.3. The number of carbonyl (C=O) groups is 2. The highest BCUT2D eigenvalue weighted by Gasteiger charge is 2.34. The Morgan fingerprint density at radius 2 is 2.04 bits per heavy atom. The average molecular weight is 355 g/mol. The molecule has 1 aliphatic rings. The van der Waals surface area contributed by atoms with E-state index in [1.807, 2.05) is 38.4 Å². The molecule has 1 aromatic carbocycles. The lowest BCUT2D eigenvalue weighted by atomic mass is 10.0. The van der Waals surface area contributed by atoms with Crippen molar-refractivity contribution in [2.24, 2.45) is 5.92 Å². The largest absolute Gasteiger partial charge is 0.467 e. The van der Waals surface area contributed by atoms with Crippen molar-refractivity contribution < 1.29 is 14.0 Å². The van der Waals surface area contributed by atoms with Gasteiger partial charge in [-0.15, -0.1) is 0 Å². The molecule has 1 saturated heterocycles. The number of hydrogen-bond donors (Lipinski definition) is 1. The Morgan fingerprint density at radius 1 is 1.27 bits per heavy atom. The maximum Gasteiger partial charge on any atom is 0.225 e. The molecule has 26 heavy (non-hydrogen) atoms. The lowest BCUT2D eigenvalue weighted by Gasteiger charge is -2.25. The molecule has 3 rings (SSSR count). The molecule has 1 fully saturated rings. The van der Waals surface area contributed by atoms with Gasteiger partial charge in [0.1, 0.15) is 5.76 Å². The number of carbonyl (C=O) groups excluding carboxylic acids is 2. The molecule has 2 atom stereocenters. The smallest absolute Gasteiger partial charge is 0.225 e. The second-order valence-corrected chi connectivity index (χ2v) is 6.89. The fourth-order valence-electron chi connectivity index (χ4n) is 3.31. The van der Waals surface area contributed by atoms with Crippen LogP contribution >= 0.6 is 0 Å². The van der Waals surface area contributed by atoms with Crippen molar-refractivity contribution in [1.82, 2.24) is 15.1 Å². The van der Waals surface area contributed by atoms with Gasteiger partial charge in [0.25, 0.3) is 0 Å². The summed E-state index contributed by atoms with van der Waals surface area (Å²) in [6.07, 6.45) is 1.84. The topological polar surface area (TPSA) is 65.8 Å². The third-order valence-electron chi connectivity index (χ3n) is 4.79. The third-order valence-corrected chi connectivity index (χ3v) is 4.79. The average Bonchev–Trinajstić information content (AvgIpc) is 3.26. The van der Waals surface area contributed by atoms with Crippen molar-refractivity contribution in [3.8, 4) is 0 Å². The van der Waals surface area contributed by atoms with Crippen LogP contribution in [-0.2, 0) is 16.1 Å². The molecule has 2 aromatic rings. The fourth-order valence-corrected chi connectivity index (χ4v) is 3.31. The molecule has 2 amide bonds. The van der Waals surface area contributed by atoms with Crippen LogP contribution in [0.2, 0.25) is 0 Å². The molecule has 1 N–H and O–H groups in total. The zero-order chi connectivity index (χ0) is 18.5. The van der Waals surface area contributed by atoms with E-state index in [9.17, 15) is 9.59 Å². The predicted molar refractivity (Wildman–Crippen MR) is 98.1 cm³/mol. The number of likely N-dealkylation sites (tertiary alicyclic amines) is 1. The molecule has 6 nitrogen and oxygen atoms in total. The van der Waals surface area contributed by atoms with Crippen LogP contribution in [0.1, 0.15) is 23.8 Å². The van der Waals surface area contributed by atoms with Crippen molar-refractivity contribution in [2.45, 2.75) is 19.0 Å². The van der Waals surface area contributed by atoms with Crippen LogP contribution in [0.5, 0.6) is 0 Å². The first-order chi connectivity index (χ1) is 12.5. The highest BCUT2D eigenvalue weighted by atomic mass is 16.3. The molecule has 0 saturated carbocycles. The standard InChI is InChI=1S/C20H25N3O3/c1-22(2)18(15-7-4-3-5-8-15)12-21-20(25)16-11-19(24)23(13-16)14-17-9-6-10-26-17/h3-10,16,18H,11-14H2,1-2H3,(H,21,25). The number of rotatable bonds is 7. The molecule has 0 bridgehead atoms. The minimum atomic E-state index is -0.309. The number of nitrogens with zero attached hydrogens (tertiary/aromatic N) is 2. The number of amides is 2. The van der Waals surface area contributed by atoms with E-state index < -0.39 is 0 Å². The molecule has 0 aliphatic carbocycles. The van der Waals surface area contributed by atoms with Crippen LogP contribution in [0.4, 0.5) is 0 Å². The summed E-state index contributed by atoms with van der Waals surface area (Å²) in [7, 11) is 3.99. The van der Waals surface area contributed by atoms with Crippen LogP contribution in [0.3, 0.4) is 0 Å². The summed E-state index contributed by atoms with van der Waals surface area (Å²) in [6.45, 7) is 1.36. The zero-order valence-electron chi connectivity index (χ0n) is 15.2. The Hall–Kier alpha value is -2.60. The first-order valence-corrected chi connectivity index (χ1v) is 8.84. The first kappa shape index (κ1) is 18.2. The number of likely N-dealkylation sites (N-methyl/N-ethyl adjacent to an activating group) is 1. The van der Waals surface area contributed by atoms with Gasteiger partial charge in [-0.3, -0.25) is 9.59 Å². The van der Waals surface area contributed by atoms with Gasteiger partial charge in [0, 0.05) is 19.5 Å². The van der Waals surface area contributed by atoms with Crippen molar-refractivity contribution in [3.05, 3.63) is 60.1 Å². The molecule has 6 heteroatoms. The molecule has 0 radical (unpaired) electrons. The van der Waals surface area contributed by atoms with E-state index >= 15 is 0 Å². The summed E-state index contributed by atoms with van der Waals surface area (Å²) in [4.78, 5) is 28.5. The van der Waals surface area contributed by atoms with E-state index in [1.165, 1.54) is 0 Å². The second kappa shape index (κ2) is 8.19. The molecule has 1 aromatic heterocycles. The quantitative estimate of drug-likeness (QED) is 0.825. The summed E-state index contributed by atoms with van der Waals surface area (Å²) < 4.78 is 5.29. The zero-order valence-corrected chi connectivity index (χ0v) is 15.2. The SMILES string of the molecule is CN(C)C(CNC(=O)C1CC(=O)N(Cc2ccco2)C1)c1ccccc1. The van der Waals surface area contributed by atoms with Gasteiger partial charge < -0.3 is 19.5 Å². The van der Waals surface area contributed by atoms with E-state index in [0.717, 1.165) is 11.3 Å². The Bertz CT molecular complexity index is 728. The minimum Gasteiger partial charge on any atom is -0.467 e. The maximum atomic E-state index is 12.6. The number of nitrogens with one attached hydrogen (secondary N) is 1. The van der Waals surface area contributed by atoms with Gasteiger partial charge in [-0.05, 0) is 31.8 Å². The van der Waals surface area contributed by atoms with Gasteiger partial charge >= 0.3 is 0 Å². The Morgan fingerprint density at radius 3 is 2.69 bits per heavy atom. The summed E-state index contributed by atoms with van der Waals surface area (Å²) in [5.41, 5.74) is 1.15. The van der Waals surface area contributed by atoms with E-state index in [0.29, 0.717) is 19.6 Å². The summed E-state index contributed by atoms with van der Waals surface area (Å²) in [6, 6.07) is 13.8. The van der Waals surface area contributed by atoms with Gasteiger partial charge in [0.15, 0.2) is 0 Å². The van der Waals surface area contributed by atoms with Crippen LogP contribution in [0.15, 0.2) is 53.1 Å². The lowest BCUT2D eigenvalue weighted by molar-refractivity contribution is -0.129. The van der Waals surface area contributed by atoms with E-state index in [4.69, 9.17) is 4.42 Å². The molecule has 1 aliphatic heterocycles. The van der Waals surface area contributed by atoms with Gasteiger partial charge in [0.2, 0.25) is 11.8 Å². The van der Waals surface area contributed by atoms with Crippen LogP contribution < -0.4 is 5.32 Å². The monoisotopic (exact) mass is 355 g/mol.